The van der Waals surface area contributed by atoms with Gasteiger partial charge < -0.3 is 14.7 Å². The molecule has 0 bridgehead atoms. The van der Waals surface area contributed by atoms with E-state index in [9.17, 15) is 9.90 Å². The van der Waals surface area contributed by atoms with Crippen molar-refractivity contribution in [1.82, 2.24) is 0 Å². The predicted molar refractivity (Wildman–Crippen MR) is 132 cm³/mol. The Morgan fingerprint density at radius 1 is 1.34 bits per heavy atom. The first-order valence-corrected chi connectivity index (χ1v) is 12.8. The molecular weight excluding hydrogens is 418 g/mol. The van der Waals surface area contributed by atoms with E-state index >= 15 is 0 Å². The van der Waals surface area contributed by atoms with Crippen LogP contribution in [0.5, 0.6) is 0 Å². The zero-order valence-electron chi connectivity index (χ0n) is 20.2. The first-order valence-electron chi connectivity index (χ1n) is 12.0. The maximum absolute atomic E-state index is 12.2. The lowest BCUT2D eigenvalue weighted by Crippen LogP contribution is -2.44. The van der Waals surface area contributed by atoms with Crippen molar-refractivity contribution < 1.29 is 14.6 Å². The van der Waals surface area contributed by atoms with Crippen LogP contribution in [0, 0.1) is 29.1 Å². The van der Waals surface area contributed by atoms with Gasteiger partial charge in [-0.05, 0) is 84.1 Å². The fourth-order valence-corrected chi connectivity index (χ4v) is 6.04. The second-order valence-electron chi connectivity index (χ2n) is 11.2. The van der Waals surface area contributed by atoms with Crippen LogP contribution in [-0.4, -0.2) is 35.9 Å². The SMILES string of the molecule is CC1=CC[C@H](CN(c2cc(C#CC(C)(C)C)sc2C(=O)O)[C@H]2CC[C@@]3(CC2)CO3)[C@@H](C)C1. The molecule has 0 amide bonds. The van der Waals surface area contributed by atoms with Gasteiger partial charge in [0.1, 0.15) is 4.88 Å². The van der Waals surface area contributed by atoms with Gasteiger partial charge in [-0.15, -0.1) is 11.3 Å². The molecule has 0 aromatic carbocycles. The minimum Gasteiger partial charge on any atom is -0.477 e. The highest BCUT2D eigenvalue weighted by Gasteiger charge is 2.48. The van der Waals surface area contributed by atoms with Crippen molar-refractivity contribution in [3.63, 3.8) is 0 Å². The molecule has 1 aromatic rings. The quantitative estimate of drug-likeness (QED) is 0.319. The average Bonchev–Trinajstić information content (AvgIpc) is 3.32. The summed E-state index contributed by atoms with van der Waals surface area (Å²) in [6.07, 6.45) is 8.88. The standard InChI is InChI=1S/C27H37NO3S/c1-18-6-7-20(19(2)14-18)16-28(21-8-12-27(13-9-21)17-31-27)23-15-22(10-11-26(3,4)5)32-24(23)25(29)30/h6,15,19-21H,7-9,12-14,16-17H2,1-5H3,(H,29,30)/t19-,20+,21-,27+/m0/s1. The number of hydrogen-bond acceptors (Lipinski definition) is 4. The van der Waals surface area contributed by atoms with Crippen molar-refractivity contribution in [2.24, 2.45) is 17.3 Å². The number of ether oxygens (including phenoxy) is 1. The lowest BCUT2D eigenvalue weighted by molar-refractivity contribution is 0.0702. The van der Waals surface area contributed by atoms with E-state index in [-0.39, 0.29) is 11.0 Å². The highest BCUT2D eigenvalue weighted by Crippen LogP contribution is 2.45. The molecule has 4 nitrogen and oxygen atoms in total. The number of carboxylic acids is 1. The van der Waals surface area contributed by atoms with E-state index in [1.54, 1.807) is 0 Å². The molecule has 4 rings (SSSR count). The summed E-state index contributed by atoms with van der Waals surface area (Å²) in [5.74, 6) is 6.82. The molecule has 174 valence electrons. The Labute approximate surface area is 197 Å². The van der Waals surface area contributed by atoms with Crippen LogP contribution in [0.3, 0.4) is 0 Å². The van der Waals surface area contributed by atoms with Gasteiger partial charge in [0.05, 0.1) is 22.8 Å². The predicted octanol–water partition coefficient (Wildman–Crippen LogP) is 6.35. The third-order valence-electron chi connectivity index (χ3n) is 7.29. The molecule has 1 saturated carbocycles. The summed E-state index contributed by atoms with van der Waals surface area (Å²) >= 11 is 1.32. The minimum atomic E-state index is -0.843. The second kappa shape index (κ2) is 8.88. The molecule has 32 heavy (non-hydrogen) atoms. The molecule has 1 saturated heterocycles. The molecule has 2 atom stereocenters. The molecule has 0 unspecified atom stereocenters. The Balaban J connectivity index is 1.66. The van der Waals surface area contributed by atoms with E-state index in [0.717, 1.165) is 62.2 Å². The molecule has 2 heterocycles. The van der Waals surface area contributed by atoms with E-state index in [1.165, 1.54) is 16.9 Å². The van der Waals surface area contributed by atoms with Crippen LogP contribution in [0.4, 0.5) is 5.69 Å². The second-order valence-corrected chi connectivity index (χ2v) is 12.3. The van der Waals surface area contributed by atoms with Gasteiger partial charge in [-0.25, -0.2) is 4.79 Å². The zero-order chi connectivity index (χ0) is 23.1. The first kappa shape index (κ1) is 23.4. The van der Waals surface area contributed by atoms with Gasteiger partial charge in [0, 0.05) is 18.0 Å². The lowest BCUT2D eigenvalue weighted by atomic mass is 9.79. The normalized spacial score (nSPS) is 29.8. The van der Waals surface area contributed by atoms with E-state index < -0.39 is 5.97 Å². The molecule has 2 fully saturated rings. The number of hydrogen-bond donors (Lipinski definition) is 1. The van der Waals surface area contributed by atoms with Crippen LogP contribution in [0.15, 0.2) is 17.7 Å². The molecule has 1 N–H and O–H groups in total. The summed E-state index contributed by atoms with van der Waals surface area (Å²) in [4.78, 5) is 16.0. The summed E-state index contributed by atoms with van der Waals surface area (Å²) < 4.78 is 5.74. The summed E-state index contributed by atoms with van der Waals surface area (Å²) in [6, 6.07) is 2.40. The molecule has 0 radical (unpaired) electrons. The third-order valence-corrected chi connectivity index (χ3v) is 8.31. The van der Waals surface area contributed by atoms with Crippen LogP contribution < -0.4 is 4.90 Å². The monoisotopic (exact) mass is 455 g/mol. The van der Waals surface area contributed by atoms with Gasteiger partial charge in [0.25, 0.3) is 0 Å². The van der Waals surface area contributed by atoms with Gasteiger partial charge in [-0.1, -0.05) is 30.4 Å². The lowest BCUT2D eigenvalue weighted by Gasteiger charge is -2.41. The molecule has 5 heteroatoms. The fourth-order valence-electron chi connectivity index (χ4n) is 5.18. The number of carbonyl (C=O) groups is 1. The molecular formula is C27H37NO3S. The number of rotatable bonds is 5. The smallest absolute Gasteiger partial charge is 0.348 e. The largest absolute Gasteiger partial charge is 0.477 e. The first-order chi connectivity index (χ1) is 15.1. The van der Waals surface area contributed by atoms with Crippen LogP contribution in [-0.2, 0) is 4.74 Å². The van der Waals surface area contributed by atoms with E-state index in [1.807, 2.05) is 6.07 Å². The Hall–Kier alpha value is -1.77. The van der Waals surface area contributed by atoms with Crippen LogP contribution >= 0.6 is 11.3 Å². The molecule has 1 spiro atoms. The number of aromatic carboxylic acids is 1. The Morgan fingerprint density at radius 2 is 2.03 bits per heavy atom. The van der Waals surface area contributed by atoms with E-state index in [4.69, 9.17) is 4.74 Å². The summed E-state index contributed by atoms with van der Waals surface area (Å²) in [5.41, 5.74) is 2.37. The molecule has 1 aromatic heterocycles. The Bertz CT molecular complexity index is 944. The van der Waals surface area contributed by atoms with Crippen molar-refractivity contribution in [2.45, 2.75) is 84.8 Å². The van der Waals surface area contributed by atoms with Crippen molar-refractivity contribution in [3.05, 3.63) is 27.5 Å². The van der Waals surface area contributed by atoms with Gasteiger partial charge in [-0.2, -0.15) is 0 Å². The van der Waals surface area contributed by atoms with Gasteiger partial charge in [-0.3, -0.25) is 0 Å². The molecule has 2 aliphatic carbocycles. The number of epoxide rings is 1. The van der Waals surface area contributed by atoms with Crippen molar-refractivity contribution in [1.29, 1.82) is 0 Å². The highest BCUT2D eigenvalue weighted by atomic mass is 32.1. The maximum Gasteiger partial charge on any atom is 0.348 e. The van der Waals surface area contributed by atoms with Crippen molar-refractivity contribution in [2.75, 3.05) is 18.1 Å². The van der Waals surface area contributed by atoms with Crippen LogP contribution in [0.2, 0.25) is 0 Å². The maximum atomic E-state index is 12.2. The average molecular weight is 456 g/mol. The highest BCUT2D eigenvalue weighted by molar-refractivity contribution is 7.15. The summed E-state index contributed by atoms with van der Waals surface area (Å²) in [7, 11) is 0. The number of carboxylic acid groups (broad SMARTS) is 1. The van der Waals surface area contributed by atoms with Crippen LogP contribution in [0.1, 0.15) is 87.7 Å². The third kappa shape index (κ3) is 5.41. The van der Waals surface area contributed by atoms with Gasteiger partial charge in [0.15, 0.2) is 0 Å². The van der Waals surface area contributed by atoms with Crippen molar-refractivity contribution in [3.8, 4) is 11.8 Å². The van der Waals surface area contributed by atoms with Crippen molar-refractivity contribution >= 4 is 23.0 Å². The summed E-state index contributed by atoms with van der Waals surface area (Å²) in [5, 5.41) is 10.0. The number of nitrogens with zero attached hydrogens (tertiary/aromatic N) is 1. The molecule has 3 aliphatic rings. The van der Waals surface area contributed by atoms with E-state index in [2.05, 4.69) is 57.4 Å². The summed E-state index contributed by atoms with van der Waals surface area (Å²) in [6.45, 7) is 12.6. The minimum absolute atomic E-state index is 0.114. The van der Waals surface area contributed by atoms with Crippen LogP contribution in [0.25, 0.3) is 0 Å². The van der Waals surface area contributed by atoms with E-state index in [0.29, 0.717) is 22.8 Å². The Kier molecular flexibility index (Phi) is 6.49. The number of allylic oxidation sites excluding steroid dienone is 2. The fraction of sp³-hybridized carbons (Fsp3) is 0.667. The topological polar surface area (TPSA) is 53.1 Å². The number of thiophene rings is 1. The van der Waals surface area contributed by atoms with Gasteiger partial charge >= 0.3 is 5.97 Å². The number of anilines is 1. The molecule has 1 aliphatic heterocycles. The zero-order valence-corrected chi connectivity index (χ0v) is 21.0. The Morgan fingerprint density at radius 3 is 2.59 bits per heavy atom. The van der Waals surface area contributed by atoms with Gasteiger partial charge in [0.2, 0.25) is 0 Å².